The molecule has 0 spiro atoms. The van der Waals surface area contributed by atoms with Crippen LogP contribution in [-0.2, 0) is 11.2 Å². The number of hydrogen-bond donors (Lipinski definition) is 2. The third-order valence-corrected chi connectivity index (χ3v) is 2.16. The van der Waals surface area contributed by atoms with Crippen molar-refractivity contribution >= 4 is 16.9 Å². The number of halogens is 2. The molecule has 0 unspecified atom stereocenters. The summed E-state index contributed by atoms with van der Waals surface area (Å²) in [5.74, 6) is -3.07. The van der Waals surface area contributed by atoms with Gasteiger partial charge in [-0.15, -0.1) is 0 Å². The molecule has 1 aromatic heterocycles. The van der Waals surface area contributed by atoms with Crippen LogP contribution in [0.1, 0.15) is 5.56 Å². The number of fused-ring (bicyclic) bond motifs is 1. The summed E-state index contributed by atoms with van der Waals surface area (Å²) in [7, 11) is 0. The number of rotatable bonds is 2. The molecule has 0 atom stereocenters. The van der Waals surface area contributed by atoms with Crippen molar-refractivity contribution in [3.8, 4) is 0 Å². The van der Waals surface area contributed by atoms with E-state index in [0.29, 0.717) is 5.52 Å². The third-order valence-electron chi connectivity index (χ3n) is 2.16. The Hall–Kier alpha value is -1.91. The van der Waals surface area contributed by atoms with Gasteiger partial charge in [0.1, 0.15) is 0 Å². The van der Waals surface area contributed by atoms with Crippen LogP contribution in [0.25, 0.3) is 10.9 Å². The van der Waals surface area contributed by atoms with Crippen molar-refractivity contribution in [1.82, 2.24) is 4.98 Å². The van der Waals surface area contributed by atoms with Crippen LogP contribution in [0.15, 0.2) is 18.3 Å². The monoisotopic (exact) mass is 211 g/mol. The van der Waals surface area contributed by atoms with Crippen molar-refractivity contribution in [1.29, 1.82) is 0 Å². The molecule has 2 aromatic rings. The molecule has 0 bridgehead atoms. The Bertz CT molecular complexity index is 533. The number of H-pyrrole nitrogens is 1. The lowest BCUT2D eigenvalue weighted by Gasteiger charge is -1.97. The van der Waals surface area contributed by atoms with Crippen LogP contribution in [0.5, 0.6) is 0 Å². The summed E-state index contributed by atoms with van der Waals surface area (Å²) in [5, 5.41) is 8.59. The highest BCUT2D eigenvalue weighted by molar-refractivity contribution is 5.87. The zero-order chi connectivity index (χ0) is 11.0. The summed E-state index contributed by atoms with van der Waals surface area (Å²) in [6.45, 7) is 0. The predicted octanol–water partition coefficient (Wildman–Crippen LogP) is 2.07. The molecule has 0 saturated heterocycles. The fourth-order valence-electron chi connectivity index (χ4n) is 1.52. The van der Waals surface area contributed by atoms with Gasteiger partial charge in [-0.25, -0.2) is 8.78 Å². The van der Waals surface area contributed by atoms with E-state index in [-0.39, 0.29) is 17.4 Å². The summed E-state index contributed by atoms with van der Waals surface area (Å²) in [5.41, 5.74) is 0.639. The predicted molar refractivity (Wildman–Crippen MR) is 49.6 cm³/mol. The highest BCUT2D eigenvalue weighted by Gasteiger charge is 2.14. The normalized spacial score (nSPS) is 10.8. The summed E-state index contributed by atoms with van der Waals surface area (Å²) in [6.07, 6.45) is 1.04. The maximum Gasteiger partial charge on any atom is 0.307 e. The van der Waals surface area contributed by atoms with Crippen molar-refractivity contribution in [2.45, 2.75) is 6.42 Å². The number of aliphatic carboxylic acids is 1. The van der Waals surface area contributed by atoms with Gasteiger partial charge in [-0.05, 0) is 17.7 Å². The van der Waals surface area contributed by atoms with Crippen LogP contribution in [0, 0.1) is 11.6 Å². The Morgan fingerprint density at radius 3 is 2.80 bits per heavy atom. The average molecular weight is 211 g/mol. The number of hydrogen-bond acceptors (Lipinski definition) is 1. The Balaban J connectivity index is 2.66. The number of nitrogens with one attached hydrogen (secondary N) is 1. The summed E-state index contributed by atoms with van der Waals surface area (Å²) >= 11 is 0. The second kappa shape index (κ2) is 3.34. The molecule has 0 radical (unpaired) electrons. The van der Waals surface area contributed by atoms with Crippen LogP contribution in [0.2, 0.25) is 0 Å². The lowest BCUT2D eigenvalue weighted by Crippen LogP contribution is -1.99. The van der Waals surface area contributed by atoms with Gasteiger partial charge in [-0.3, -0.25) is 4.79 Å². The smallest absolute Gasteiger partial charge is 0.307 e. The Kier molecular flexibility index (Phi) is 2.15. The van der Waals surface area contributed by atoms with Crippen molar-refractivity contribution in [3.05, 3.63) is 35.5 Å². The highest BCUT2D eigenvalue weighted by Crippen LogP contribution is 2.23. The number of aromatic amines is 1. The van der Waals surface area contributed by atoms with Crippen molar-refractivity contribution in [2.75, 3.05) is 0 Å². The second-order valence-electron chi connectivity index (χ2n) is 3.17. The van der Waals surface area contributed by atoms with E-state index >= 15 is 0 Å². The lowest BCUT2D eigenvalue weighted by atomic mass is 10.1. The lowest BCUT2D eigenvalue weighted by molar-refractivity contribution is -0.136. The largest absolute Gasteiger partial charge is 0.481 e. The van der Waals surface area contributed by atoms with Gasteiger partial charge in [-0.1, -0.05) is 0 Å². The van der Waals surface area contributed by atoms with Gasteiger partial charge in [0, 0.05) is 17.1 Å². The molecular weight excluding hydrogens is 204 g/mol. The fourth-order valence-corrected chi connectivity index (χ4v) is 1.52. The van der Waals surface area contributed by atoms with Crippen molar-refractivity contribution < 1.29 is 18.7 Å². The Labute approximate surface area is 83.3 Å². The van der Waals surface area contributed by atoms with E-state index in [9.17, 15) is 13.6 Å². The molecule has 3 nitrogen and oxygen atoms in total. The first-order valence-electron chi connectivity index (χ1n) is 4.25. The van der Waals surface area contributed by atoms with E-state index in [4.69, 9.17) is 5.11 Å². The molecule has 1 heterocycles. The SMILES string of the molecule is O=C(O)Cc1c[nH]c2ccc(F)c(F)c12. The number of carbonyl (C=O) groups is 1. The average Bonchev–Trinajstić information content (AvgIpc) is 2.55. The van der Waals surface area contributed by atoms with E-state index < -0.39 is 17.6 Å². The first kappa shape index (κ1) is 9.64. The molecule has 5 heteroatoms. The molecule has 0 amide bonds. The molecule has 0 aliphatic heterocycles. The number of aromatic nitrogens is 1. The maximum atomic E-state index is 13.4. The van der Waals surface area contributed by atoms with Crippen molar-refractivity contribution in [3.63, 3.8) is 0 Å². The van der Waals surface area contributed by atoms with Crippen LogP contribution in [0.3, 0.4) is 0 Å². The van der Waals surface area contributed by atoms with Crippen LogP contribution < -0.4 is 0 Å². The fraction of sp³-hybridized carbons (Fsp3) is 0.100. The summed E-state index contributed by atoms with van der Waals surface area (Å²) in [6, 6.07) is 2.37. The quantitative estimate of drug-likeness (QED) is 0.798. The van der Waals surface area contributed by atoms with Gasteiger partial charge >= 0.3 is 5.97 Å². The minimum absolute atomic E-state index is 0.0115. The topological polar surface area (TPSA) is 53.1 Å². The number of carboxylic acids is 1. The molecule has 0 aliphatic rings. The minimum Gasteiger partial charge on any atom is -0.481 e. The van der Waals surface area contributed by atoms with Gasteiger partial charge in [0.15, 0.2) is 11.6 Å². The van der Waals surface area contributed by atoms with E-state index in [1.165, 1.54) is 12.3 Å². The highest BCUT2D eigenvalue weighted by atomic mass is 19.2. The zero-order valence-corrected chi connectivity index (χ0v) is 7.55. The minimum atomic E-state index is -1.08. The first-order chi connectivity index (χ1) is 7.09. The number of benzene rings is 1. The van der Waals surface area contributed by atoms with Gasteiger partial charge in [0.25, 0.3) is 0 Å². The van der Waals surface area contributed by atoms with Crippen LogP contribution in [0.4, 0.5) is 8.78 Å². The molecule has 0 aliphatic carbocycles. The van der Waals surface area contributed by atoms with Crippen LogP contribution >= 0.6 is 0 Å². The summed E-state index contributed by atoms with van der Waals surface area (Å²) in [4.78, 5) is 13.2. The Morgan fingerprint density at radius 2 is 2.13 bits per heavy atom. The van der Waals surface area contributed by atoms with Crippen molar-refractivity contribution in [2.24, 2.45) is 0 Å². The Morgan fingerprint density at radius 1 is 1.40 bits per heavy atom. The van der Waals surface area contributed by atoms with E-state index in [0.717, 1.165) is 6.07 Å². The molecule has 2 N–H and O–H groups in total. The summed E-state index contributed by atoms with van der Waals surface area (Å²) < 4.78 is 26.3. The molecule has 78 valence electrons. The molecule has 15 heavy (non-hydrogen) atoms. The number of carboxylic acid groups (broad SMARTS) is 1. The molecule has 0 saturated carbocycles. The zero-order valence-electron chi connectivity index (χ0n) is 7.55. The van der Waals surface area contributed by atoms with Gasteiger partial charge in [0.05, 0.1) is 6.42 Å². The third kappa shape index (κ3) is 1.56. The van der Waals surface area contributed by atoms with Gasteiger partial charge < -0.3 is 10.1 Å². The van der Waals surface area contributed by atoms with Gasteiger partial charge in [0.2, 0.25) is 0 Å². The van der Waals surface area contributed by atoms with E-state index in [1.807, 2.05) is 0 Å². The standard InChI is InChI=1S/C10H7F2NO2/c11-6-1-2-7-9(10(6)12)5(4-13-7)3-8(14)15/h1-2,4,13H,3H2,(H,14,15). The second-order valence-corrected chi connectivity index (χ2v) is 3.17. The molecule has 0 fully saturated rings. The van der Waals surface area contributed by atoms with Gasteiger partial charge in [-0.2, -0.15) is 0 Å². The van der Waals surface area contributed by atoms with E-state index in [2.05, 4.69) is 4.98 Å². The van der Waals surface area contributed by atoms with Crippen LogP contribution in [-0.4, -0.2) is 16.1 Å². The first-order valence-corrected chi connectivity index (χ1v) is 4.25. The molecule has 1 aromatic carbocycles. The maximum absolute atomic E-state index is 13.4. The molecule has 2 rings (SSSR count). The molecular formula is C10H7F2NO2. The van der Waals surface area contributed by atoms with E-state index in [1.54, 1.807) is 0 Å².